The van der Waals surface area contributed by atoms with Gasteiger partial charge in [-0.2, -0.15) is 10.2 Å². The number of benzene rings is 1. The van der Waals surface area contributed by atoms with Crippen LogP contribution >= 0.6 is 0 Å². The minimum absolute atomic E-state index is 0.140. The van der Waals surface area contributed by atoms with Crippen LogP contribution in [0.5, 0.6) is 5.88 Å². The fourth-order valence-corrected chi connectivity index (χ4v) is 2.16. The number of nitriles is 1. The lowest BCUT2D eigenvalue weighted by atomic mass is 10.1. The van der Waals surface area contributed by atoms with E-state index in [-0.39, 0.29) is 36.3 Å². The Kier molecular flexibility index (Phi) is 7.06. The molecule has 0 aliphatic heterocycles. The van der Waals surface area contributed by atoms with Crippen molar-refractivity contribution >= 4 is 11.7 Å². The summed E-state index contributed by atoms with van der Waals surface area (Å²) in [6.45, 7) is 4.23. The highest BCUT2D eigenvalue weighted by atomic mass is 16.7. The number of carbonyl (C=O) groups excluding carboxylic acids is 1. The highest BCUT2D eigenvalue weighted by Crippen LogP contribution is 2.26. The van der Waals surface area contributed by atoms with Crippen LogP contribution < -0.4 is 16.0 Å². The lowest BCUT2D eigenvalue weighted by molar-refractivity contribution is -0.0523. The van der Waals surface area contributed by atoms with Gasteiger partial charge in [0.25, 0.3) is 5.91 Å². The molecule has 1 heterocycles. The van der Waals surface area contributed by atoms with Crippen molar-refractivity contribution in [3.63, 3.8) is 0 Å². The largest absolute Gasteiger partial charge is 0.474 e. The van der Waals surface area contributed by atoms with Gasteiger partial charge in [0.1, 0.15) is 24.6 Å². The van der Waals surface area contributed by atoms with Gasteiger partial charge < -0.3 is 20.7 Å². The molecule has 1 aromatic carbocycles. The third kappa shape index (κ3) is 6.39. The average molecular weight is 401 g/mol. The van der Waals surface area contributed by atoms with Crippen molar-refractivity contribution in [3.8, 4) is 23.3 Å². The molecule has 1 atom stereocenters. The lowest BCUT2D eigenvalue weighted by Crippen LogP contribution is -2.34. The molecule has 2 rings (SSSR count). The Hall–Kier alpha value is -3.26. The Labute approximate surface area is 167 Å². The first-order valence-electron chi connectivity index (χ1n) is 8.74. The number of ether oxygens (including phenoxy) is 1. The number of hydroxylamine groups is 1. The van der Waals surface area contributed by atoms with Crippen LogP contribution in [0.2, 0.25) is 0 Å². The number of nitrogens with one attached hydrogen (secondary N) is 1. The van der Waals surface area contributed by atoms with E-state index in [2.05, 4.69) is 15.4 Å². The first-order valence-corrected chi connectivity index (χ1v) is 8.74. The van der Waals surface area contributed by atoms with Crippen LogP contribution in [0.15, 0.2) is 24.3 Å². The van der Waals surface area contributed by atoms with E-state index in [1.54, 1.807) is 24.3 Å². The van der Waals surface area contributed by atoms with Gasteiger partial charge in [0.15, 0.2) is 5.82 Å². The standard InChI is InChI=1S/C19H23N5O5/c1-11(25)9-28-18-14(17(26)24-29-10-19(2,3)27)15(21)22-16(23-18)13-6-4-5-12(7-13)8-20/h4-7,11,25,27H,9-10H2,1-3H3,(H,24,26)(H2,21,22,23)/t11-/m0/s1. The zero-order valence-electron chi connectivity index (χ0n) is 16.3. The molecule has 0 aliphatic rings. The number of aromatic nitrogens is 2. The van der Waals surface area contributed by atoms with Crippen LogP contribution in [0, 0.1) is 11.3 Å². The van der Waals surface area contributed by atoms with Crippen molar-refractivity contribution in [1.82, 2.24) is 15.4 Å². The Morgan fingerprint density at radius 1 is 1.41 bits per heavy atom. The maximum atomic E-state index is 12.5. The van der Waals surface area contributed by atoms with Crippen LogP contribution in [0.25, 0.3) is 11.4 Å². The zero-order valence-corrected chi connectivity index (χ0v) is 16.3. The van der Waals surface area contributed by atoms with E-state index in [0.717, 1.165) is 0 Å². The molecule has 0 aliphatic carbocycles. The first kappa shape index (κ1) is 22.0. The second kappa shape index (κ2) is 9.29. The number of hydrogen-bond acceptors (Lipinski definition) is 9. The predicted octanol–water partition coefficient (Wildman–Crippen LogP) is 0.789. The molecule has 1 aromatic heterocycles. The van der Waals surface area contributed by atoms with Crippen LogP contribution in [-0.2, 0) is 4.84 Å². The number of nitrogen functional groups attached to an aromatic ring is 1. The molecule has 0 spiro atoms. The molecule has 1 amide bonds. The van der Waals surface area contributed by atoms with Gasteiger partial charge in [-0.1, -0.05) is 12.1 Å². The summed E-state index contributed by atoms with van der Waals surface area (Å²) in [5.41, 5.74) is 7.70. The quantitative estimate of drug-likeness (QED) is 0.468. The maximum absolute atomic E-state index is 12.5. The minimum Gasteiger partial charge on any atom is -0.474 e. The monoisotopic (exact) mass is 401 g/mol. The molecule has 2 aromatic rings. The van der Waals surface area contributed by atoms with Gasteiger partial charge in [-0.05, 0) is 32.9 Å². The SMILES string of the molecule is C[C@H](O)COc1nc(-c2cccc(C#N)c2)nc(N)c1C(=O)NOCC(C)(C)O. The van der Waals surface area contributed by atoms with Crippen molar-refractivity contribution in [1.29, 1.82) is 5.26 Å². The Bertz CT molecular complexity index is 918. The Balaban J connectivity index is 2.39. The summed E-state index contributed by atoms with van der Waals surface area (Å²) < 4.78 is 5.45. The van der Waals surface area contributed by atoms with E-state index in [4.69, 9.17) is 20.6 Å². The molecule has 5 N–H and O–H groups in total. The normalized spacial score (nSPS) is 12.1. The maximum Gasteiger partial charge on any atom is 0.284 e. The van der Waals surface area contributed by atoms with E-state index in [1.807, 2.05) is 6.07 Å². The molecule has 0 unspecified atom stereocenters. The molecule has 0 saturated heterocycles. The third-order valence-electron chi connectivity index (χ3n) is 3.43. The van der Waals surface area contributed by atoms with Crippen LogP contribution in [0.3, 0.4) is 0 Å². The van der Waals surface area contributed by atoms with E-state index >= 15 is 0 Å². The molecular weight excluding hydrogens is 378 g/mol. The van der Waals surface area contributed by atoms with Gasteiger partial charge in [0.2, 0.25) is 5.88 Å². The van der Waals surface area contributed by atoms with Gasteiger partial charge in [-0.3, -0.25) is 9.63 Å². The van der Waals surface area contributed by atoms with Crippen molar-refractivity contribution in [2.45, 2.75) is 32.5 Å². The lowest BCUT2D eigenvalue weighted by Gasteiger charge is -2.18. The number of rotatable bonds is 8. The topological polar surface area (TPSA) is 164 Å². The molecule has 10 nitrogen and oxygen atoms in total. The minimum atomic E-state index is -1.16. The first-order chi connectivity index (χ1) is 13.6. The number of anilines is 1. The molecule has 10 heteroatoms. The van der Waals surface area contributed by atoms with Gasteiger partial charge >= 0.3 is 0 Å². The van der Waals surface area contributed by atoms with Crippen molar-refractivity contribution in [2.24, 2.45) is 0 Å². The summed E-state index contributed by atoms with van der Waals surface area (Å²) in [5.74, 6) is -0.957. The van der Waals surface area contributed by atoms with E-state index < -0.39 is 17.6 Å². The summed E-state index contributed by atoms with van der Waals surface area (Å²) in [7, 11) is 0. The molecule has 0 fully saturated rings. The molecular formula is C19H23N5O5. The zero-order chi connectivity index (χ0) is 21.6. The Morgan fingerprint density at radius 3 is 2.76 bits per heavy atom. The number of amides is 1. The van der Waals surface area contributed by atoms with Crippen LogP contribution in [-0.4, -0.2) is 51.0 Å². The molecule has 29 heavy (non-hydrogen) atoms. The van der Waals surface area contributed by atoms with Gasteiger partial charge in [0.05, 0.1) is 23.3 Å². The van der Waals surface area contributed by atoms with E-state index in [9.17, 15) is 15.0 Å². The molecule has 0 bridgehead atoms. The molecule has 0 radical (unpaired) electrons. The molecule has 0 saturated carbocycles. The number of hydrogen-bond donors (Lipinski definition) is 4. The number of aliphatic hydroxyl groups is 2. The Morgan fingerprint density at radius 2 is 2.14 bits per heavy atom. The van der Waals surface area contributed by atoms with Crippen molar-refractivity contribution in [3.05, 3.63) is 35.4 Å². The average Bonchev–Trinajstić information content (AvgIpc) is 2.64. The second-order valence-corrected chi connectivity index (χ2v) is 7.00. The summed E-state index contributed by atoms with van der Waals surface area (Å²) in [4.78, 5) is 25.9. The van der Waals surface area contributed by atoms with Crippen LogP contribution in [0.4, 0.5) is 5.82 Å². The summed E-state index contributed by atoms with van der Waals surface area (Å²) in [5, 5.41) is 28.2. The highest BCUT2D eigenvalue weighted by Gasteiger charge is 2.23. The van der Waals surface area contributed by atoms with Gasteiger partial charge in [-0.25, -0.2) is 10.5 Å². The fourth-order valence-electron chi connectivity index (χ4n) is 2.16. The third-order valence-corrected chi connectivity index (χ3v) is 3.43. The van der Waals surface area contributed by atoms with Crippen molar-refractivity contribution in [2.75, 3.05) is 18.9 Å². The van der Waals surface area contributed by atoms with E-state index in [1.165, 1.54) is 20.8 Å². The number of nitrogens with two attached hydrogens (primary N) is 1. The smallest absolute Gasteiger partial charge is 0.284 e. The van der Waals surface area contributed by atoms with Gasteiger partial charge in [-0.15, -0.1) is 0 Å². The fraction of sp³-hybridized carbons (Fsp3) is 0.368. The number of carbonyl (C=O) groups is 1. The predicted molar refractivity (Wildman–Crippen MR) is 103 cm³/mol. The highest BCUT2D eigenvalue weighted by molar-refractivity contribution is 6.00. The summed E-state index contributed by atoms with van der Waals surface area (Å²) in [6.07, 6.45) is -0.820. The van der Waals surface area contributed by atoms with Crippen molar-refractivity contribution < 1.29 is 24.6 Å². The molecule has 154 valence electrons. The second-order valence-electron chi connectivity index (χ2n) is 7.00. The van der Waals surface area contributed by atoms with Gasteiger partial charge in [0, 0.05) is 5.56 Å². The summed E-state index contributed by atoms with van der Waals surface area (Å²) >= 11 is 0. The number of nitrogens with zero attached hydrogens (tertiary/aromatic N) is 3. The summed E-state index contributed by atoms with van der Waals surface area (Å²) in [6, 6.07) is 8.55. The van der Waals surface area contributed by atoms with E-state index in [0.29, 0.717) is 11.1 Å². The number of aliphatic hydroxyl groups excluding tert-OH is 1. The van der Waals surface area contributed by atoms with Crippen LogP contribution in [0.1, 0.15) is 36.7 Å².